The van der Waals surface area contributed by atoms with E-state index in [1.54, 1.807) is 12.1 Å². The highest BCUT2D eigenvalue weighted by Gasteiger charge is 2.38. The summed E-state index contributed by atoms with van der Waals surface area (Å²) in [5.74, 6) is -1.60. The van der Waals surface area contributed by atoms with Crippen LogP contribution in [0.2, 0.25) is 0 Å². The molecule has 0 spiro atoms. The van der Waals surface area contributed by atoms with Gasteiger partial charge in [-0.2, -0.15) is 0 Å². The van der Waals surface area contributed by atoms with Gasteiger partial charge in [-0.05, 0) is 24.5 Å². The van der Waals surface area contributed by atoms with Crippen LogP contribution in [-0.2, 0) is 4.74 Å². The monoisotopic (exact) mass is 395 g/mol. The summed E-state index contributed by atoms with van der Waals surface area (Å²) in [5, 5.41) is 11.8. The van der Waals surface area contributed by atoms with E-state index in [4.69, 9.17) is 4.74 Å². The first-order valence-electron chi connectivity index (χ1n) is 9.57. The third-order valence-electron chi connectivity index (χ3n) is 5.38. The van der Waals surface area contributed by atoms with E-state index in [1.807, 2.05) is 13.8 Å². The van der Waals surface area contributed by atoms with E-state index in [-0.39, 0.29) is 34.4 Å². The van der Waals surface area contributed by atoms with Crippen molar-refractivity contribution < 1.29 is 24.0 Å². The lowest BCUT2D eigenvalue weighted by Crippen LogP contribution is -2.24. The second-order valence-corrected chi connectivity index (χ2v) is 6.95. The Balaban J connectivity index is 1.99. The minimum atomic E-state index is -0.871. The highest BCUT2D eigenvalue weighted by molar-refractivity contribution is 6.30. The topological polar surface area (TPSA) is 104 Å². The Kier molecular flexibility index (Phi) is 5.87. The van der Waals surface area contributed by atoms with Crippen LogP contribution >= 0.6 is 0 Å². The lowest BCUT2D eigenvalue weighted by atomic mass is 9.82. The summed E-state index contributed by atoms with van der Waals surface area (Å²) in [7, 11) is 0. The zero-order valence-corrected chi connectivity index (χ0v) is 16.3. The number of nitro groups is 1. The highest BCUT2D eigenvalue weighted by atomic mass is 16.6. The molecule has 2 aromatic rings. The molecule has 0 N–H and O–H groups in total. The Morgan fingerprint density at radius 1 is 1.00 bits per heavy atom. The Morgan fingerprint density at radius 3 is 2.21 bits per heavy atom. The smallest absolute Gasteiger partial charge is 0.345 e. The number of benzene rings is 2. The van der Waals surface area contributed by atoms with Crippen molar-refractivity contribution in [2.24, 2.45) is 5.92 Å². The van der Waals surface area contributed by atoms with E-state index in [0.717, 1.165) is 12.8 Å². The van der Waals surface area contributed by atoms with Gasteiger partial charge in [-0.3, -0.25) is 19.7 Å². The van der Waals surface area contributed by atoms with Gasteiger partial charge in [-0.25, -0.2) is 4.79 Å². The molecule has 0 aliphatic heterocycles. The molecule has 0 heterocycles. The van der Waals surface area contributed by atoms with Crippen molar-refractivity contribution in [3.05, 3.63) is 74.3 Å². The van der Waals surface area contributed by atoms with Gasteiger partial charge in [0.1, 0.15) is 11.1 Å². The molecule has 0 bridgehead atoms. The molecule has 0 atom stereocenters. The Hall–Kier alpha value is -3.35. The van der Waals surface area contributed by atoms with Crippen LogP contribution < -0.4 is 0 Å². The summed E-state index contributed by atoms with van der Waals surface area (Å²) in [4.78, 5) is 49.2. The summed E-state index contributed by atoms with van der Waals surface area (Å²) >= 11 is 0. The summed E-state index contributed by atoms with van der Waals surface area (Å²) in [5.41, 5.74) is -1.14. The SMILES string of the molecule is CCC(CC)CCOC(=O)c1ccc2c(c1[N+](=O)[O-])C(=O)c1ccccc1C2=O. The van der Waals surface area contributed by atoms with Gasteiger partial charge < -0.3 is 4.74 Å². The maximum atomic E-state index is 12.9. The minimum Gasteiger partial charge on any atom is -0.462 e. The van der Waals surface area contributed by atoms with Gasteiger partial charge in [0.05, 0.1) is 11.5 Å². The average Bonchev–Trinajstić information content (AvgIpc) is 2.73. The first kappa shape index (κ1) is 20.4. The molecule has 0 saturated heterocycles. The van der Waals surface area contributed by atoms with Crippen molar-refractivity contribution in [3.63, 3.8) is 0 Å². The highest BCUT2D eigenvalue weighted by Crippen LogP contribution is 2.35. The Morgan fingerprint density at radius 2 is 1.62 bits per heavy atom. The molecule has 0 saturated carbocycles. The summed E-state index contributed by atoms with van der Waals surface area (Å²) in [6.07, 6.45) is 2.55. The van der Waals surface area contributed by atoms with Crippen LogP contribution in [0.5, 0.6) is 0 Å². The molecule has 0 radical (unpaired) electrons. The van der Waals surface area contributed by atoms with Gasteiger partial charge in [0.25, 0.3) is 5.69 Å². The van der Waals surface area contributed by atoms with Crippen LogP contribution in [0.15, 0.2) is 36.4 Å². The van der Waals surface area contributed by atoms with Crippen LogP contribution in [0.1, 0.15) is 75.3 Å². The molecular weight excluding hydrogens is 374 g/mol. The largest absolute Gasteiger partial charge is 0.462 e. The van der Waals surface area contributed by atoms with Gasteiger partial charge in [0.2, 0.25) is 5.78 Å². The lowest BCUT2D eigenvalue weighted by Gasteiger charge is -2.18. The Bertz CT molecular complexity index is 1010. The zero-order chi connectivity index (χ0) is 21.1. The summed E-state index contributed by atoms with van der Waals surface area (Å²) < 4.78 is 5.24. The number of rotatable bonds is 7. The van der Waals surface area contributed by atoms with E-state index < -0.39 is 28.1 Å². The van der Waals surface area contributed by atoms with Gasteiger partial charge >= 0.3 is 5.97 Å². The van der Waals surface area contributed by atoms with Crippen LogP contribution in [-0.4, -0.2) is 29.1 Å². The maximum Gasteiger partial charge on any atom is 0.345 e. The van der Waals surface area contributed by atoms with Gasteiger partial charge in [-0.15, -0.1) is 0 Å². The van der Waals surface area contributed by atoms with E-state index in [0.29, 0.717) is 12.3 Å². The second kappa shape index (κ2) is 8.34. The van der Waals surface area contributed by atoms with Crippen LogP contribution in [0.25, 0.3) is 0 Å². The zero-order valence-electron chi connectivity index (χ0n) is 16.3. The van der Waals surface area contributed by atoms with Crippen molar-refractivity contribution in [3.8, 4) is 0 Å². The molecular formula is C22H21NO6. The molecule has 2 aromatic carbocycles. The normalized spacial score (nSPS) is 12.5. The fraction of sp³-hybridized carbons (Fsp3) is 0.318. The molecule has 0 amide bonds. The fourth-order valence-corrected chi connectivity index (χ4v) is 3.62. The van der Waals surface area contributed by atoms with Crippen molar-refractivity contribution in [1.29, 1.82) is 0 Å². The van der Waals surface area contributed by atoms with Gasteiger partial charge in [-0.1, -0.05) is 51.0 Å². The number of carbonyl (C=O) groups is 3. The number of hydrogen-bond donors (Lipinski definition) is 0. The number of ether oxygens (including phenoxy) is 1. The molecule has 0 unspecified atom stereocenters. The van der Waals surface area contributed by atoms with Crippen LogP contribution in [0.4, 0.5) is 5.69 Å². The number of nitro benzene ring substituents is 1. The third-order valence-corrected chi connectivity index (χ3v) is 5.38. The molecule has 150 valence electrons. The van der Waals surface area contributed by atoms with Crippen LogP contribution in [0, 0.1) is 16.0 Å². The number of hydrogen-bond acceptors (Lipinski definition) is 6. The molecule has 0 aromatic heterocycles. The average molecular weight is 395 g/mol. The first-order chi connectivity index (χ1) is 13.9. The molecule has 1 aliphatic carbocycles. The fourth-order valence-electron chi connectivity index (χ4n) is 3.62. The van der Waals surface area contributed by atoms with Crippen molar-refractivity contribution in [1.82, 2.24) is 0 Å². The molecule has 0 fully saturated rings. The molecule has 3 rings (SSSR count). The summed E-state index contributed by atoms with van der Waals surface area (Å²) in [6, 6.07) is 8.63. The molecule has 7 heteroatoms. The van der Waals surface area contributed by atoms with Gasteiger partial charge in [0.15, 0.2) is 5.78 Å². The quantitative estimate of drug-likeness (QED) is 0.335. The number of fused-ring (bicyclic) bond motifs is 2. The maximum absolute atomic E-state index is 12.9. The van der Waals surface area contributed by atoms with Crippen molar-refractivity contribution >= 4 is 23.2 Å². The predicted molar refractivity (Wildman–Crippen MR) is 105 cm³/mol. The molecule has 7 nitrogen and oxygen atoms in total. The minimum absolute atomic E-state index is 0.0750. The number of carbonyl (C=O) groups excluding carboxylic acids is 3. The lowest BCUT2D eigenvalue weighted by molar-refractivity contribution is -0.385. The van der Waals surface area contributed by atoms with Crippen molar-refractivity contribution in [2.75, 3.05) is 6.61 Å². The van der Waals surface area contributed by atoms with Crippen LogP contribution in [0.3, 0.4) is 0 Å². The Labute approximate surface area is 167 Å². The van der Waals surface area contributed by atoms with E-state index in [9.17, 15) is 24.5 Å². The van der Waals surface area contributed by atoms with E-state index in [2.05, 4.69) is 0 Å². The number of ketones is 2. The predicted octanol–water partition coefficient (Wildman–Crippen LogP) is 4.35. The van der Waals surface area contributed by atoms with Crippen molar-refractivity contribution in [2.45, 2.75) is 33.1 Å². The first-order valence-corrected chi connectivity index (χ1v) is 9.57. The van der Waals surface area contributed by atoms with E-state index >= 15 is 0 Å². The molecule has 29 heavy (non-hydrogen) atoms. The standard InChI is InChI=1S/C22H21NO6/c1-3-13(4-2)11-12-29-22(26)17-10-9-16-18(19(17)23(27)28)21(25)15-8-6-5-7-14(15)20(16)24/h5-10,13H,3-4,11-12H2,1-2H3. The molecule has 1 aliphatic rings. The van der Waals surface area contributed by atoms with Gasteiger partial charge in [0, 0.05) is 16.7 Å². The number of esters is 1. The van der Waals surface area contributed by atoms with E-state index in [1.165, 1.54) is 24.3 Å². The third kappa shape index (κ3) is 3.68. The summed E-state index contributed by atoms with van der Waals surface area (Å²) in [6.45, 7) is 4.23. The second-order valence-electron chi connectivity index (χ2n) is 6.95. The number of nitrogens with zero attached hydrogens (tertiary/aromatic N) is 1.